The number of hydrogen-bond acceptors (Lipinski definition) is 5. The van der Waals surface area contributed by atoms with Crippen molar-refractivity contribution in [1.29, 1.82) is 0 Å². The Morgan fingerprint density at radius 3 is 2.58 bits per heavy atom. The molecule has 0 saturated carbocycles. The van der Waals surface area contributed by atoms with Gasteiger partial charge < -0.3 is 10.3 Å². The van der Waals surface area contributed by atoms with E-state index in [0.29, 0.717) is 16.4 Å². The lowest BCUT2D eigenvalue weighted by Gasteiger charge is -2.17. The Bertz CT molecular complexity index is 815. The van der Waals surface area contributed by atoms with Crippen LogP contribution in [0, 0.1) is 0 Å². The molecule has 1 amide bonds. The van der Waals surface area contributed by atoms with E-state index in [0.717, 1.165) is 5.56 Å². The number of ketones is 1. The molecule has 0 fully saturated rings. The fraction of sp³-hybridized carbons (Fsp3) is 0.412. The van der Waals surface area contributed by atoms with Crippen molar-refractivity contribution in [2.24, 2.45) is 0 Å². The molecule has 0 aliphatic heterocycles. The molecule has 0 aliphatic rings. The van der Waals surface area contributed by atoms with E-state index in [1.54, 1.807) is 11.4 Å². The Balaban J connectivity index is 2.00. The molecule has 128 valence electrons. The van der Waals surface area contributed by atoms with Crippen LogP contribution in [-0.4, -0.2) is 21.7 Å². The van der Waals surface area contributed by atoms with E-state index in [4.69, 9.17) is 0 Å². The van der Waals surface area contributed by atoms with Gasteiger partial charge in [-0.2, -0.15) is 0 Å². The molecular formula is C17H21N3O3S. The van der Waals surface area contributed by atoms with Gasteiger partial charge in [0.15, 0.2) is 5.78 Å². The topological polar surface area (TPSA) is 91.9 Å². The van der Waals surface area contributed by atoms with Gasteiger partial charge in [-0.05, 0) is 23.9 Å². The van der Waals surface area contributed by atoms with Gasteiger partial charge in [0.05, 0.1) is 23.5 Å². The lowest BCUT2D eigenvalue weighted by Crippen LogP contribution is -2.28. The number of rotatable bonds is 5. The van der Waals surface area contributed by atoms with Crippen LogP contribution in [0.5, 0.6) is 0 Å². The molecule has 24 heavy (non-hydrogen) atoms. The van der Waals surface area contributed by atoms with Gasteiger partial charge in [0.2, 0.25) is 5.91 Å². The Morgan fingerprint density at radius 1 is 1.29 bits per heavy atom. The van der Waals surface area contributed by atoms with Gasteiger partial charge in [0.1, 0.15) is 5.82 Å². The quantitative estimate of drug-likeness (QED) is 0.811. The molecular weight excluding hydrogens is 326 g/mol. The van der Waals surface area contributed by atoms with E-state index in [-0.39, 0.29) is 35.6 Å². The Hall–Kier alpha value is -2.28. The van der Waals surface area contributed by atoms with Gasteiger partial charge in [0, 0.05) is 11.5 Å². The largest absolute Gasteiger partial charge is 0.350 e. The highest BCUT2D eigenvalue weighted by Gasteiger charge is 2.17. The average Bonchev–Trinajstić information content (AvgIpc) is 2.92. The summed E-state index contributed by atoms with van der Waals surface area (Å²) in [7, 11) is 0. The minimum absolute atomic E-state index is 0.00548. The van der Waals surface area contributed by atoms with Crippen LogP contribution in [0.4, 0.5) is 0 Å². The predicted octanol–water partition coefficient (Wildman–Crippen LogP) is 2.19. The zero-order chi connectivity index (χ0) is 17.9. The maximum Gasteiger partial charge on any atom is 0.251 e. The van der Waals surface area contributed by atoms with E-state index < -0.39 is 0 Å². The monoisotopic (exact) mass is 347 g/mol. The molecule has 0 bridgehead atoms. The third kappa shape index (κ3) is 4.86. The van der Waals surface area contributed by atoms with Gasteiger partial charge in [-0.15, -0.1) is 11.3 Å². The Labute approximate surface area is 144 Å². The van der Waals surface area contributed by atoms with Gasteiger partial charge in [-0.1, -0.05) is 20.8 Å². The van der Waals surface area contributed by atoms with Crippen molar-refractivity contribution in [2.75, 3.05) is 0 Å². The highest BCUT2D eigenvalue weighted by atomic mass is 32.1. The van der Waals surface area contributed by atoms with Crippen molar-refractivity contribution >= 4 is 23.0 Å². The van der Waals surface area contributed by atoms with Crippen LogP contribution >= 0.6 is 11.3 Å². The van der Waals surface area contributed by atoms with E-state index in [2.05, 4.69) is 15.3 Å². The van der Waals surface area contributed by atoms with Crippen LogP contribution < -0.4 is 10.9 Å². The normalized spacial score (nSPS) is 11.3. The smallest absolute Gasteiger partial charge is 0.251 e. The highest BCUT2D eigenvalue weighted by molar-refractivity contribution is 7.12. The molecule has 7 heteroatoms. The SMILES string of the molecule is CC(=O)c1cc(CC(=O)NCc2cc(=O)[nH]c(C(C)(C)C)n2)cs1. The van der Waals surface area contributed by atoms with Crippen molar-refractivity contribution < 1.29 is 9.59 Å². The van der Waals surface area contributed by atoms with Crippen LogP contribution in [-0.2, 0) is 23.2 Å². The number of Topliss-reactive ketones (excluding diaryl/α,β-unsaturated/α-hetero) is 1. The first-order valence-corrected chi connectivity index (χ1v) is 8.49. The van der Waals surface area contributed by atoms with Gasteiger partial charge in [-0.3, -0.25) is 14.4 Å². The van der Waals surface area contributed by atoms with Crippen LogP contribution in [0.2, 0.25) is 0 Å². The van der Waals surface area contributed by atoms with Crippen LogP contribution in [0.25, 0.3) is 0 Å². The molecule has 2 heterocycles. The summed E-state index contributed by atoms with van der Waals surface area (Å²) in [4.78, 5) is 42.8. The van der Waals surface area contributed by atoms with E-state index in [1.807, 2.05) is 20.8 Å². The minimum Gasteiger partial charge on any atom is -0.350 e. The molecule has 2 rings (SSSR count). The summed E-state index contributed by atoms with van der Waals surface area (Å²) < 4.78 is 0. The predicted molar refractivity (Wildman–Crippen MR) is 93.4 cm³/mol. The second-order valence-corrected chi connectivity index (χ2v) is 7.58. The van der Waals surface area contributed by atoms with E-state index in [9.17, 15) is 14.4 Å². The number of hydrogen-bond donors (Lipinski definition) is 2. The molecule has 0 spiro atoms. The van der Waals surface area contributed by atoms with Crippen LogP contribution in [0.1, 0.15) is 54.4 Å². The zero-order valence-corrected chi connectivity index (χ0v) is 15.0. The number of aromatic amines is 1. The fourth-order valence-corrected chi connectivity index (χ4v) is 2.86. The van der Waals surface area contributed by atoms with Crippen molar-refractivity contribution in [3.63, 3.8) is 0 Å². The third-order valence-electron chi connectivity index (χ3n) is 3.34. The number of nitrogens with one attached hydrogen (secondary N) is 2. The first-order chi connectivity index (χ1) is 11.1. The maximum absolute atomic E-state index is 12.0. The van der Waals surface area contributed by atoms with Gasteiger partial charge in [-0.25, -0.2) is 4.98 Å². The second kappa shape index (κ2) is 7.09. The van der Waals surface area contributed by atoms with Crippen LogP contribution in [0.3, 0.4) is 0 Å². The second-order valence-electron chi connectivity index (χ2n) is 6.66. The highest BCUT2D eigenvalue weighted by Crippen LogP contribution is 2.17. The fourth-order valence-electron chi connectivity index (χ4n) is 2.04. The number of carbonyl (C=O) groups is 2. The Kier molecular flexibility index (Phi) is 5.33. The molecule has 2 aromatic heterocycles. The molecule has 6 nitrogen and oxygen atoms in total. The summed E-state index contributed by atoms with van der Waals surface area (Å²) in [6, 6.07) is 3.11. The molecule has 0 saturated heterocycles. The molecule has 0 aliphatic carbocycles. The zero-order valence-electron chi connectivity index (χ0n) is 14.2. The first kappa shape index (κ1) is 18.1. The first-order valence-electron chi connectivity index (χ1n) is 7.61. The average molecular weight is 347 g/mol. The molecule has 0 aromatic carbocycles. The van der Waals surface area contributed by atoms with Gasteiger partial charge in [0.25, 0.3) is 5.56 Å². The number of aromatic nitrogens is 2. The minimum atomic E-state index is -0.279. The summed E-state index contributed by atoms with van der Waals surface area (Å²) in [6.45, 7) is 7.56. The summed E-state index contributed by atoms with van der Waals surface area (Å²) >= 11 is 1.33. The van der Waals surface area contributed by atoms with Gasteiger partial charge >= 0.3 is 0 Å². The Morgan fingerprint density at radius 2 is 2.00 bits per heavy atom. The summed E-state index contributed by atoms with van der Waals surface area (Å²) in [5.41, 5.74) is 0.811. The number of nitrogens with zero attached hydrogens (tertiary/aromatic N) is 1. The standard InChI is InChI=1S/C17H21N3O3S/c1-10(21)13-5-11(9-24-13)6-14(22)18-8-12-7-15(23)20-16(19-12)17(2,3)4/h5,7,9H,6,8H2,1-4H3,(H,18,22)(H,19,20,23). The number of thiophene rings is 1. The number of amides is 1. The van der Waals surface area contributed by atoms with Crippen molar-refractivity contribution in [3.05, 3.63) is 49.8 Å². The van der Waals surface area contributed by atoms with E-state index >= 15 is 0 Å². The van der Waals surface area contributed by atoms with Crippen molar-refractivity contribution in [1.82, 2.24) is 15.3 Å². The molecule has 0 atom stereocenters. The van der Waals surface area contributed by atoms with Crippen molar-refractivity contribution in [3.8, 4) is 0 Å². The van der Waals surface area contributed by atoms with E-state index in [1.165, 1.54) is 24.3 Å². The van der Waals surface area contributed by atoms with Crippen LogP contribution in [0.15, 0.2) is 22.3 Å². The third-order valence-corrected chi connectivity index (χ3v) is 4.42. The summed E-state index contributed by atoms with van der Waals surface area (Å²) in [5, 5.41) is 4.56. The summed E-state index contributed by atoms with van der Waals surface area (Å²) in [6.07, 6.45) is 0.194. The summed E-state index contributed by atoms with van der Waals surface area (Å²) in [5.74, 6) is 0.402. The number of carbonyl (C=O) groups excluding carboxylic acids is 2. The maximum atomic E-state index is 12.0. The number of H-pyrrole nitrogens is 1. The molecule has 0 radical (unpaired) electrons. The molecule has 2 N–H and O–H groups in total. The lowest BCUT2D eigenvalue weighted by molar-refractivity contribution is -0.120. The molecule has 0 unspecified atom stereocenters. The molecule has 2 aromatic rings. The van der Waals surface area contributed by atoms with Crippen molar-refractivity contribution in [2.45, 2.75) is 46.1 Å². The lowest BCUT2D eigenvalue weighted by atomic mass is 9.95.